The molecule has 1 aromatic heterocycles. The first-order valence-corrected chi connectivity index (χ1v) is 10.3. The lowest BCUT2D eigenvalue weighted by atomic mass is 10.2. The quantitative estimate of drug-likeness (QED) is 0.349. The molecule has 2 aromatic carbocycles. The van der Waals surface area contributed by atoms with Crippen molar-refractivity contribution in [2.75, 3.05) is 11.9 Å². The van der Waals surface area contributed by atoms with E-state index in [0.29, 0.717) is 10.2 Å². The van der Waals surface area contributed by atoms with E-state index in [9.17, 15) is 4.79 Å². The van der Waals surface area contributed by atoms with Crippen LogP contribution in [0, 0.1) is 0 Å². The van der Waals surface area contributed by atoms with Crippen LogP contribution in [-0.4, -0.2) is 17.5 Å². The van der Waals surface area contributed by atoms with E-state index in [1.807, 2.05) is 47.8 Å². The summed E-state index contributed by atoms with van der Waals surface area (Å²) in [6, 6.07) is 15.2. The predicted molar refractivity (Wildman–Crippen MR) is 117 cm³/mol. The highest BCUT2D eigenvalue weighted by Gasteiger charge is 2.07. The Morgan fingerprint density at radius 3 is 2.75 bits per heavy atom. The number of halogens is 1. The van der Waals surface area contributed by atoms with Crippen molar-refractivity contribution in [3.8, 4) is 17.0 Å². The summed E-state index contributed by atoms with van der Waals surface area (Å²) in [7, 11) is 0. The number of nitrogens with zero attached hydrogens (tertiary/aromatic N) is 1. The third-order valence-electron chi connectivity index (χ3n) is 3.97. The Morgan fingerprint density at radius 2 is 2.00 bits per heavy atom. The summed E-state index contributed by atoms with van der Waals surface area (Å²) in [5.41, 5.74) is 2.59. The number of carbonyl (C=O) groups excluding carboxylic acids is 1. The fraction of sp³-hybridized carbons (Fsp3) is 0.182. The van der Waals surface area contributed by atoms with E-state index in [-0.39, 0.29) is 5.91 Å². The van der Waals surface area contributed by atoms with Gasteiger partial charge in [0.1, 0.15) is 5.75 Å². The number of anilines is 1. The summed E-state index contributed by atoms with van der Waals surface area (Å²) in [6.45, 7) is 2.86. The van der Waals surface area contributed by atoms with E-state index in [0.717, 1.165) is 42.0 Å². The summed E-state index contributed by atoms with van der Waals surface area (Å²) in [5, 5.41) is 5.85. The zero-order valence-corrected chi connectivity index (χ0v) is 17.1. The van der Waals surface area contributed by atoms with Crippen LogP contribution in [-0.2, 0) is 4.79 Å². The largest absolute Gasteiger partial charge is 0.494 e. The Kier molecular flexibility index (Phi) is 7.23. The van der Waals surface area contributed by atoms with Gasteiger partial charge >= 0.3 is 0 Å². The number of unbranched alkanes of at least 4 members (excludes halogenated alkanes) is 1. The van der Waals surface area contributed by atoms with E-state index in [4.69, 9.17) is 16.3 Å². The SMILES string of the molecule is CCCCOc1ccc(-c2csc(NC(=O)/C=C/c3ccccc3Cl)n2)cc1. The number of amides is 1. The lowest BCUT2D eigenvalue weighted by molar-refractivity contribution is -0.111. The number of hydrogen-bond acceptors (Lipinski definition) is 4. The maximum Gasteiger partial charge on any atom is 0.250 e. The third-order valence-corrected chi connectivity index (χ3v) is 5.07. The second kappa shape index (κ2) is 10.1. The van der Waals surface area contributed by atoms with Gasteiger partial charge in [-0.15, -0.1) is 11.3 Å². The fourth-order valence-corrected chi connectivity index (χ4v) is 3.36. The highest BCUT2D eigenvalue weighted by Crippen LogP contribution is 2.26. The molecule has 0 atom stereocenters. The summed E-state index contributed by atoms with van der Waals surface area (Å²) < 4.78 is 5.68. The van der Waals surface area contributed by atoms with Gasteiger partial charge < -0.3 is 4.74 Å². The van der Waals surface area contributed by atoms with Crippen LogP contribution in [0.15, 0.2) is 60.0 Å². The van der Waals surface area contributed by atoms with Gasteiger partial charge in [0.25, 0.3) is 0 Å². The van der Waals surface area contributed by atoms with Crippen molar-refractivity contribution >= 4 is 40.1 Å². The minimum atomic E-state index is -0.250. The van der Waals surface area contributed by atoms with Gasteiger partial charge in [0.2, 0.25) is 5.91 Å². The number of nitrogens with one attached hydrogen (secondary N) is 1. The number of rotatable bonds is 8. The lowest BCUT2D eigenvalue weighted by Gasteiger charge is -2.05. The maximum absolute atomic E-state index is 12.1. The van der Waals surface area contributed by atoms with Gasteiger partial charge in [-0.25, -0.2) is 4.98 Å². The van der Waals surface area contributed by atoms with E-state index in [1.54, 1.807) is 12.1 Å². The molecular weight excluding hydrogens is 392 g/mol. The topological polar surface area (TPSA) is 51.2 Å². The Hall–Kier alpha value is -2.63. The van der Waals surface area contributed by atoms with Crippen molar-refractivity contribution in [1.82, 2.24) is 4.98 Å². The molecule has 144 valence electrons. The van der Waals surface area contributed by atoms with Crippen LogP contribution < -0.4 is 10.1 Å². The second-order valence-electron chi connectivity index (χ2n) is 6.11. The Labute approximate surface area is 173 Å². The monoisotopic (exact) mass is 412 g/mol. The number of hydrogen-bond donors (Lipinski definition) is 1. The molecule has 0 saturated heterocycles. The minimum Gasteiger partial charge on any atom is -0.494 e. The molecule has 4 nitrogen and oxygen atoms in total. The molecular formula is C22H21ClN2O2S. The molecule has 0 aliphatic heterocycles. The minimum absolute atomic E-state index is 0.250. The molecule has 0 bridgehead atoms. The molecule has 6 heteroatoms. The van der Waals surface area contributed by atoms with Gasteiger partial charge in [0, 0.05) is 22.0 Å². The summed E-state index contributed by atoms with van der Waals surface area (Å²) in [6.07, 6.45) is 5.29. The number of benzene rings is 2. The van der Waals surface area contributed by atoms with Crippen LogP contribution in [0.5, 0.6) is 5.75 Å². The second-order valence-corrected chi connectivity index (χ2v) is 7.37. The molecule has 3 rings (SSSR count). The average Bonchev–Trinajstić information content (AvgIpc) is 3.16. The van der Waals surface area contributed by atoms with Crippen LogP contribution in [0.4, 0.5) is 5.13 Å². The predicted octanol–water partition coefficient (Wildman–Crippen LogP) is 6.29. The molecule has 1 N–H and O–H groups in total. The summed E-state index contributed by atoms with van der Waals surface area (Å²) >= 11 is 7.47. The summed E-state index contributed by atoms with van der Waals surface area (Å²) in [5.74, 6) is 0.603. The van der Waals surface area contributed by atoms with Crippen molar-refractivity contribution in [1.29, 1.82) is 0 Å². The standard InChI is InChI=1S/C22H21ClN2O2S/c1-2-3-14-27-18-11-8-17(9-12-18)20-15-28-22(24-20)25-21(26)13-10-16-6-4-5-7-19(16)23/h4-13,15H,2-3,14H2,1H3,(H,24,25,26)/b13-10+. The normalized spacial score (nSPS) is 10.9. The Bertz CT molecular complexity index is 951. The van der Waals surface area contributed by atoms with E-state index in [1.165, 1.54) is 17.4 Å². The van der Waals surface area contributed by atoms with Gasteiger partial charge in [-0.2, -0.15) is 0 Å². The summed E-state index contributed by atoms with van der Waals surface area (Å²) in [4.78, 5) is 16.6. The average molecular weight is 413 g/mol. The van der Waals surface area contributed by atoms with Crippen molar-refractivity contribution < 1.29 is 9.53 Å². The molecule has 28 heavy (non-hydrogen) atoms. The molecule has 0 saturated carbocycles. The van der Waals surface area contributed by atoms with Crippen LogP contribution in [0.3, 0.4) is 0 Å². The maximum atomic E-state index is 12.1. The molecule has 0 unspecified atom stereocenters. The Morgan fingerprint density at radius 1 is 1.21 bits per heavy atom. The number of aromatic nitrogens is 1. The number of carbonyl (C=O) groups is 1. The number of ether oxygens (including phenoxy) is 1. The van der Waals surface area contributed by atoms with Crippen LogP contribution in [0.2, 0.25) is 5.02 Å². The molecule has 0 aliphatic carbocycles. The first-order chi connectivity index (χ1) is 13.7. The van der Waals surface area contributed by atoms with E-state index < -0.39 is 0 Å². The molecule has 0 fully saturated rings. The smallest absolute Gasteiger partial charge is 0.250 e. The highest BCUT2D eigenvalue weighted by atomic mass is 35.5. The lowest BCUT2D eigenvalue weighted by Crippen LogP contribution is -2.07. The molecule has 0 spiro atoms. The van der Waals surface area contributed by atoms with Crippen molar-refractivity contribution in [3.05, 3.63) is 70.6 Å². The van der Waals surface area contributed by atoms with Gasteiger partial charge in [-0.1, -0.05) is 43.1 Å². The van der Waals surface area contributed by atoms with E-state index in [2.05, 4.69) is 17.2 Å². The van der Waals surface area contributed by atoms with Gasteiger partial charge in [-0.3, -0.25) is 10.1 Å². The zero-order valence-electron chi connectivity index (χ0n) is 15.5. The van der Waals surface area contributed by atoms with Crippen LogP contribution >= 0.6 is 22.9 Å². The fourth-order valence-electron chi connectivity index (χ4n) is 2.44. The van der Waals surface area contributed by atoms with E-state index >= 15 is 0 Å². The molecule has 1 amide bonds. The molecule has 0 radical (unpaired) electrons. The third kappa shape index (κ3) is 5.68. The molecule has 1 heterocycles. The first-order valence-electron chi connectivity index (χ1n) is 9.08. The van der Waals surface area contributed by atoms with Crippen LogP contribution in [0.25, 0.3) is 17.3 Å². The highest BCUT2D eigenvalue weighted by molar-refractivity contribution is 7.14. The van der Waals surface area contributed by atoms with Gasteiger partial charge in [0.15, 0.2) is 5.13 Å². The molecule has 0 aliphatic rings. The van der Waals surface area contributed by atoms with Crippen molar-refractivity contribution in [3.63, 3.8) is 0 Å². The van der Waals surface area contributed by atoms with Crippen molar-refractivity contribution in [2.24, 2.45) is 0 Å². The first kappa shape index (κ1) is 20.1. The van der Waals surface area contributed by atoms with Gasteiger partial charge in [0.05, 0.1) is 12.3 Å². The van der Waals surface area contributed by atoms with Crippen LogP contribution in [0.1, 0.15) is 25.3 Å². The Balaban J connectivity index is 1.59. The van der Waals surface area contributed by atoms with Gasteiger partial charge in [-0.05, 0) is 48.4 Å². The zero-order chi connectivity index (χ0) is 19.8. The molecule has 3 aromatic rings. The number of thiazole rings is 1. The van der Waals surface area contributed by atoms with Crippen molar-refractivity contribution in [2.45, 2.75) is 19.8 Å².